The normalized spacial score (nSPS) is 12.3. The average molecular weight is 295 g/mol. The molecule has 0 heterocycles. The lowest BCUT2D eigenvalue weighted by molar-refractivity contribution is -0.131. The van der Waals surface area contributed by atoms with Crippen LogP contribution in [0.2, 0.25) is 0 Å². The number of benzene rings is 1. The van der Waals surface area contributed by atoms with Gasteiger partial charge >= 0.3 is 5.97 Å². The quantitative estimate of drug-likeness (QED) is 0.759. The number of carboxylic acid groups (broad SMARTS) is 1. The molecule has 116 valence electrons. The zero-order chi connectivity index (χ0) is 16.0. The van der Waals surface area contributed by atoms with Gasteiger partial charge in [-0.25, -0.2) is 9.18 Å². The molecular weight excluding hydrogens is 273 g/mol. The third kappa shape index (κ3) is 7.02. The van der Waals surface area contributed by atoms with Gasteiger partial charge in [-0.1, -0.05) is 13.0 Å². The fourth-order valence-corrected chi connectivity index (χ4v) is 2.12. The van der Waals surface area contributed by atoms with E-state index in [9.17, 15) is 14.3 Å². The standard InChI is InChI=1S/C16H22FNO3/c1-4-18(11-16(2,3)21)10-13-7-12(5-6-15(19)20)8-14(17)9-13/h5-9,21H,4,10-11H2,1-3H3,(H,19,20). The van der Waals surface area contributed by atoms with Gasteiger partial charge in [0.1, 0.15) is 5.82 Å². The second kappa shape index (κ2) is 7.33. The van der Waals surface area contributed by atoms with Crippen LogP contribution in [-0.4, -0.2) is 39.8 Å². The minimum atomic E-state index is -1.07. The number of carboxylic acids is 1. The van der Waals surface area contributed by atoms with Crippen LogP contribution in [0.3, 0.4) is 0 Å². The molecule has 0 fully saturated rings. The highest BCUT2D eigenvalue weighted by atomic mass is 19.1. The van der Waals surface area contributed by atoms with Crippen molar-refractivity contribution in [1.29, 1.82) is 0 Å². The predicted molar refractivity (Wildman–Crippen MR) is 80.3 cm³/mol. The van der Waals surface area contributed by atoms with Crippen LogP contribution in [0.5, 0.6) is 0 Å². The smallest absolute Gasteiger partial charge is 0.328 e. The molecule has 0 atom stereocenters. The summed E-state index contributed by atoms with van der Waals surface area (Å²) >= 11 is 0. The molecule has 0 amide bonds. The first-order chi connectivity index (χ1) is 9.69. The van der Waals surface area contributed by atoms with Crippen LogP contribution in [0.15, 0.2) is 24.3 Å². The van der Waals surface area contributed by atoms with Gasteiger partial charge < -0.3 is 10.2 Å². The highest BCUT2D eigenvalue weighted by molar-refractivity contribution is 5.85. The summed E-state index contributed by atoms with van der Waals surface area (Å²) in [5.74, 6) is -1.48. The molecule has 4 nitrogen and oxygen atoms in total. The third-order valence-electron chi connectivity index (χ3n) is 2.86. The molecule has 0 saturated heterocycles. The van der Waals surface area contributed by atoms with Gasteiger partial charge in [-0.3, -0.25) is 4.90 Å². The van der Waals surface area contributed by atoms with Crippen molar-refractivity contribution in [2.24, 2.45) is 0 Å². The zero-order valence-corrected chi connectivity index (χ0v) is 12.6. The Morgan fingerprint density at radius 3 is 2.57 bits per heavy atom. The van der Waals surface area contributed by atoms with E-state index in [1.54, 1.807) is 19.9 Å². The average Bonchev–Trinajstić information content (AvgIpc) is 2.33. The molecule has 1 aromatic rings. The molecule has 0 radical (unpaired) electrons. The molecule has 0 spiro atoms. The summed E-state index contributed by atoms with van der Waals surface area (Å²) < 4.78 is 13.6. The van der Waals surface area contributed by atoms with E-state index in [0.29, 0.717) is 18.7 Å². The lowest BCUT2D eigenvalue weighted by atomic mass is 10.1. The highest BCUT2D eigenvalue weighted by Crippen LogP contribution is 2.15. The second-order valence-corrected chi connectivity index (χ2v) is 5.68. The number of likely N-dealkylation sites (N-methyl/N-ethyl adjacent to an activating group) is 1. The van der Waals surface area contributed by atoms with Crippen LogP contribution in [0, 0.1) is 5.82 Å². The van der Waals surface area contributed by atoms with Crippen LogP contribution < -0.4 is 0 Å². The largest absolute Gasteiger partial charge is 0.478 e. The molecule has 1 aromatic carbocycles. The van der Waals surface area contributed by atoms with Crippen molar-refractivity contribution in [2.45, 2.75) is 32.9 Å². The monoisotopic (exact) mass is 295 g/mol. The lowest BCUT2D eigenvalue weighted by Gasteiger charge is -2.28. The number of hydrogen-bond donors (Lipinski definition) is 2. The minimum Gasteiger partial charge on any atom is -0.478 e. The molecule has 0 aliphatic heterocycles. The first kappa shape index (κ1) is 17.3. The summed E-state index contributed by atoms with van der Waals surface area (Å²) in [5.41, 5.74) is 0.424. The molecule has 0 bridgehead atoms. The summed E-state index contributed by atoms with van der Waals surface area (Å²) in [7, 11) is 0. The topological polar surface area (TPSA) is 60.8 Å². The summed E-state index contributed by atoms with van der Waals surface area (Å²) in [6, 6.07) is 4.45. The number of rotatable bonds is 7. The third-order valence-corrected chi connectivity index (χ3v) is 2.86. The molecular formula is C16H22FNO3. The maximum atomic E-state index is 13.6. The van der Waals surface area contributed by atoms with Crippen LogP contribution in [0.1, 0.15) is 31.9 Å². The minimum absolute atomic E-state index is 0.406. The van der Waals surface area contributed by atoms with Crippen molar-refractivity contribution in [3.63, 3.8) is 0 Å². The predicted octanol–water partition coefficient (Wildman–Crippen LogP) is 2.52. The Morgan fingerprint density at radius 1 is 1.38 bits per heavy atom. The fourth-order valence-electron chi connectivity index (χ4n) is 2.12. The van der Waals surface area contributed by atoms with E-state index in [2.05, 4.69) is 0 Å². The molecule has 0 aromatic heterocycles. The number of nitrogens with zero attached hydrogens (tertiary/aromatic N) is 1. The van der Waals surface area contributed by atoms with E-state index in [0.717, 1.165) is 18.2 Å². The number of aliphatic carboxylic acids is 1. The van der Waals surface area contributed by atoms with E-state index in [-0.39, 0.29) is 0 Å². The molecule has 1 rings (SSSR count). The zero-order valence-electron chi connectivity index (χ0n) is 12.6. The van der Waals surface area contributed by atoms with Gasteiger partial charge in [-0.2, -0.15) is 0 Å². The van der Waals surface area contributed by atoms with Gasteiger partial charge in [0.15, 0.2) is 0 Å². The Kier molecular flexibility index (Phi) is 6.05. The molecule has 5 heteroatoms. The van der Waals surface area contributed by atoms with Gasteiger partial charge in [0, 0.05) is 19.2 Å². The van der Waals surface area contributed by atoms with Crippen molar-refractivity contribution in [3.05, 3.63) is 41.2 Å². The van der Waals surface area contributed by atoms with E-state index in [1.165, 1.54) is 18.2 Å². The van der Waals surface area contributed by atoms with E-state index in [1.807, 2.05) is 11.8 Å². The maximum Gasteiger partial charge on any atom is 0.328 e. The van der Waals surface area contributed by atoms with Crippen molar-refractivity contribution in [2.75, 3.05) is 13.1 Å². The van der Waals surface area contributed by atoms with E-state index < -0.39 is 17.4 Å². The Hall–Kier alpha value is -1.72. The number of hydrogen-bond acceptors (Lipinski definition) is 3. The number of aliphatic hydroxyl groups is 1. The summed E-state index contributed by atoms with van der Waals surface area (Å²) in [4.78, 5) is 12.5. The van der Waals surface area contributed by atoms with Gasteiger partial charge in [0.2, 0.25) is 0 Å². The van der Waals surface area contributed by atoms with Crippen LogP contribution in [0.4, 0.5) is 4.39 Å². The maximum absolute atomic E-state index is 13.6. The van der Waals surface area contributed by atoms with Crippen LogP contribution in [0.25, 0.3) is 6.08 Å². The van der Waals surface area contributed by atoms with Crippen LogP contribution >= 0.6 is 0 Å². The van der Waals surface area contributed by atoms with Crippen LogP contribution in [-0.2, 0) is 11.3 Å². The van der Waals surface area contributed by atoms with E-state index in [4.69, 9.17) is 5.11 Å². The van der Waals surface area contributed by atoms with Crippen molar-refractivity contribution >= 4 is 12.0 Å². The first-order valence-corrected chi connectivity index (χ1v) is 6.85. The Labute approximate surface area is 124 Å². The summed E-state index contributed by atoms with van der Waals surface area (Å²) in [6.45, 7) is 7.11. The molecule has 0 unspecified atom stereocenters. The van der Waals surface area contributed by atoms with Gasteiger partial charge in [-0.05, 0) is 49.7 Å². The SMILES string of the molecule is CCN(Cc1cc(F)cc(C=CC(=O)O)c1)CC(C)(C)O. The Balaban J connectivity index is 2.89. The summed E-state index contributed by atoms with van der Waals surface area (Å²) in [6.07, 6.45) is 2.34. The van der Waals surface area contributed by atoms with Gasteiger partial charge in [-0.15, -0.1) is 0 Å². The van der Waals surface area contributed by atoms with Crippen molar-refractivity contribution in [3.8, 4) is 0 Å². The van der Waals surface area contributed by atoms with Crippen molar-refractivity contribution < 1.29 is 19.4 Å². The molecule has 21 heavy (non-hydrogen) atoms. The molecule has 0 aliphatic carbocycles. The van der Waals surface area contributed by atoms with E-state index >= 15 is 0 Å². The molecule has 0 aliphatic rings. The van der Waals surface area contributed by atoms with Gasteiger partial charge in [0.05, 0.1) is 5.60 Å². The fraction of sp³-hybridized carbons (Fsp3) is 0.438. The van der Waals surface area contributed by atoms with Gasteiger partial charge in [0.25, 0.3) is 0 Å². The Bertz CT molecular complexity index is 521. The highest BCUT2D eigenvalue weighted by Gasteiger charge is 2.17. The first-order valence-electron chi connectivity index (χ1n) is 6.85. The molecule has 2 N–H and O–H groups in total. The number of carbonyl (C=O) groups is 1. The Morgan fingerprint density at radius 2 is 2.05 bits per heavy atom. The van der Waals surface area contributed by atoms with Crippen molar-refractivity contribution in [1.82, 2.24) is 4.90 Å². The lowest BCUT2D eigenvalue weighted by Crippen LogP contribution is -2.38. The summed E-state index contributed by atoms with van der Waals surface area (Å²) in [5, 5.41) is 18.5. The second-order valence-electron chi connectivity index (χ2n) is 5.68. The molecule has 0 saturated carbocycles. The number of halogens is 1.